The fraction of sp³-hybridized carbons (Fsp3) is 0.667. The van der Waals surface area contributed by atoms with Gasteiger partial charge in [-0.25, -0.2) is 4.79 Å². The first-order chi connectivity index (χ1) is 15.0. The van der Waals surface area contributed by atoms with Crippen LogP contribution < -0.4 is 10.2 Å². The van der Waals surface area contributed by atoms with Crippen LogP contribution in [-0.4, -0.2) is 85.0 Å². The highest BCUT2D eigenvalue weighted by Gasteiger charge is 2.27. The Hall–Kier alpha value is -2.28. The summed E-state index contributed by atoms with van der Waals surface area (Å²) >= 11 is 0. The average Bonchev–Trinajstić information content (AvgIpc) is 3.29. The van der Waals surface area contributed by atoms with E-state index in [1.807, 2.05) is 15.9 Å². The Morgan fingerprint density at radius 3 is 2.35 bits per heavy atom. The van der Waals surface area contributed by atoms with Crippen LogP contribution in [0.25, 0.3) is 0 Å². The van der Waals surface area contributed by atoms with E-state index in [-0.39, 0.29) is 11.9 Å². The molecule has 3 fully saturated rings. The van der Waals surface area contributed by atoms with E-state index < -0.39 is 0 Å². The number of hydrogen-bond acceptors (Lipinski definition) is 4. The second-order valence-corrected chi connectivity index (χ2v) is 9.32. The number of anilines is 2. The predicted octanol–water partition coefficient (Wildman–Crippen LogP) is 3.15. The summed E-state index contributed by atoms with van der Waals surface area (Å²) in [4.78, 5) is 33.9. The van der Waals surface area contributed by atoms with Crippen molar-refractivity contribution in [3.63, 3.8) is 0 Å². The lowest BCUT2D eigenvalue weighted by atomic mass is 10.0. The molecule has 0 unspecified atom stereocenters. The molecule has 1 aromatic rings. The molecule has 4 rings (SSSR count). The van der Waals surface area contributed by atoms with Crippen molar-refractivity contribution in [2.45, 2.75) is 52.0 Å². The molecule has 1 N–H and O–H groups in total. The van der Waals surface area contributed by atoms with Crippen LogP contribution in [0.1, 0.15) is 44.6 Å². The van der Waals surface area contributed by atoms with Crippen molar-refractivity contribution in [2.75, 3.05) is 62.6 Å². The molecule has 0 spiro atoms. The Balaban J connectivity index is 1.24. The number of aryl methyl sites for hydroxylation is 1. The SMILES string of the molecule is Cc1cc(NC(=O)N2CCN(CC(=O)N3CCCC[C@@H]3C)CC2)ccc1N1CCCC1. The number of carbonyl (C=O) groups excluding carboxylic acids is 2. The van der Waals surface area contributed by atoms with Gasteiger partial charge in [0.1, 0.15) is 0 Å². The number of likely N-dealkylation sites (tertiary alicyclic amines) is 1. The summed E-state index contributed by atoms with van der Waals surface area (Å²) in [6.45, 7) is 10.7. The van der Waals surface area contributed by atoms with E-state index in [1.165, 1.54) is 30.5 Å². The normalized spacial score (nSPS) is 22.6. The monoisotopic (exact) mass is 427 g/mol. The molecule has 0 aliphatic carbocycles. The molecule has 3 aliphatic heterocycles. The lowest BCUT2D eigenvalue weighted by Crippen LogP contribution is -2.53. The maximum Gasteiger partial charge on any atom is 0.321 e. The first-order valence-electron chi connectivity index (χ1n) is 11.9. The molecule has 7 heteroatoms. The second kappa shape index (κ2) is 9.90. The number of benzene rings is 1. The predicted molar refractivity (Wildman–Crippen MR) is 125 cm³/mol. The van der Waals surface area contributed by atoms with Gasteiger partial charge < -0.3 is 20.0 Å². The molecule has 3 saturated heterocycles. The number of carbonyl (C=O) groups is 2. The number of urea groups is 1. The standard InChI is InChI=1S/C24H37N5O2/c1-19-17-21(8-9-22(19)27-10-5-6-11-27)25-24(31)28-15-13-26(14-16-28)18-23(30)29-12-4-3-7-20(29)2/h8-9,17,20H,3-7,10-16,18H2,1-2H3,(H,25,31)/t20-/m0/s1. The van der Waals surface area contributed by atoms with Crippen molar-refractivity contribution in [2.24, 2.45) is 0 Å². The fourth-order valence-corrected chi connectivity index (χ4v) is 5.11. The fourth-order valence-electron chi connectivity index (χ4n) is 5.11. The number of amides is 3. The second-order valence-electron chi connectivity index (χ2n) is 9.32. The summed E-state index contributed by atoms with van der Waals surface area (Å²) in [5.41, 5.74) is 3.33. The number of piperazine rings is 1. The third kappa shape index (κ3) is 5.32. The van der Waals surface area contributed by atoms with Gasteiger partial charge in [-0.2, -0.15) is 0 Å². The molecule has 7 nitrogen and oxygen atoms in total. The highest BCUT2D eigenvalue weighted by molar-refractivity contribution is 5.90. The number of piperidine rings is 1. The minimum absolute atomic E-state index is 0.0519. The maximum absolute atomic E-state index is 12.7. The van der Waals surface area contributed by atoms with Gasteiger partial charge >= 0.3 is 6.03 Å². The van der Waals surface area contributed by atoms with Gasteiger partial charge in [0.2, 0.25) is 5.91 Å². The summed E-state index contributed by atoms with van der Waals surface area (Å²) in [6, 6.07) is 6.51. The van der Waals surface area contributed by atoms with Crippen LogP contribution in [0.2, 0.25) is 0 Å². The van der Waals surface area contributed by atoms with Crippen LogP contribution in [0.15, 0.2) is 18.2 Å². The smallest absolute Gasteiger partial charge is 0.321 e. The van der Waals surface area contributed by atoms with E-state index >= 15 is 0 Å². The third-order valence-corrected chi connectivity index (χ3v) is 7.04. The van der Waals surface area contributed by atoms with Crippen LogP contribution in [0.5, 0.6) is 0 Å². The number of nitrogens with zero attached hydrogens (tertiary/aromatic N) is 4. The van der Waals surface area contributed by atoms with Crippen molar-refractivity contribution >= 4 is 23.3 Å². The van der Waals surface area contributed by atoms with E-state index in [4.69, 9.17) is 0 Å². The zero-order chi connectivity index (χ0) is 21.8. The summed E-state index contributed by atoms with van der Waals surface area (Å²) in [5.74, 6) is 0.235. The lowest BCUT2D eigenvalue weighted by molar-refractivity contribution is -0.136. The molecule has 3 aliphatic rings. The molecule has 31 heavy (non-hydrogen) atoms. The average molecular weight is 428 g/mol. The van der Waals surface area contributed by atoms with Gasteiger partial charge in [-0.05, 0) is 69.7 Å². The summed E-state index contributed by atoms with van der Waals surface area (Å²) < 4.78 is 0. The van der Waals surface area contributed by atoms with Crippen LogP contribution in [-0.2, 0) is 4.79 Å². The molecular formula is C24H37N5O2. The first kappa shape index (κ1) is 21.9. The van der Waals surface area contributed by atoms with E-state index in [0.29, 0.717) is 25.7 Å². The Morgan fingerprint density at radius 1 is 0.968 bits per heavy atom. The van der Waals surface area contributed by atoms with Gasteiger partial charge in [-0.15, -0.1) is 0 Å². The van der Waals surface area contributed by atoms with Crippen molar-refractivity contribution < 1.29 is 9.59 Å². The van der Waals surface area contributed by atoms with E-state index in [2.05, 4.69) is 41.1 Å². The van der Waals surface area contributed by atoms with Gasteiger partial charge in [0.15, 0.2) is 0 Å². The van der Waals surface area contributed by atoms with E-state index in [9.17, 15) is 9.59 Å². The summed E-state index contributed by atoms with van der Waals surface area (Å²) in [6.07, 6.45) is 5.96. The summed E-state index contributed by atoms with van der Waals surface area (Å²) in [5, 5.41) is 3.06. The lowest BCUT2D eigenvalue weighted by Gasteiger charge is -2.38. The van der Waals surface area contributed by atoms with Gasteiger partial charge in [0.05, 0.1) is 6.54 Å². The van der Waals surface area contributed by atoms with Gasteiger partial charge in [0, 0.05) is 63.2 Å². The molecule has 0 radical (unpaired) electrons. The topological polar surface area (TPSA) is 59.1 Å². The Labute approximate surface area is 186 Å². The molecule has 3 amide bonds. The van der Waals surface area contributed by atoms with Crippen molar-refractivity contribution in [3.8, 4) is 0 Å². The summed E-state index contributed by atoms with van der Waals surface area (Å²) in [7, 11) is 0. The van der Waals surface area contributed by atoms with Crippen LogP contribution in [0.3, 0.4) is 0 Å². The molecule has 170 valence electrons. The zero-order valence-electron chi connectivity index (χ0n) is 19.1. The Morgan fingerprint density at radius 2 is 1.68 bits per heavy atom. The molecule has 0 saturated carbocycles. The van der Waals surface area contributed by atoms with Crippen LogP contribution in [0.4, 0.5) is 16.2 Å². The largest absolute Gasteiger partial charge is 0.371 e. The zero-order valence-corrected chi connectivity index (χ0v) is 19.1. The first-order valence-corrected chi connectivity index (χ1v) is 11.9. The Bertz CT molecular complexity index is 784. The van der Waals surface area contributed by atoms with Gasteiger partial charge in [-0.1, -0.05) is 0 Å². The maximum atomic E-state index is 12.7. The number of nitrogens with one attached hydrogen (secondary N) is 1. The van der Waals surface area contributed by atoms with E-state index in [0.717, 1.165) is 51.3 Å². The highest BCUT2D eigenvalue weighted by Crippen LogP contribution is 2.27. The molecule has 3 heterocycles. The highest BCUT2D eigenvalue weighted by atomic mass is 16.2. The minimum atomic E-state index is -0.0519. The Kier molecular flexibility index (Phi) is 7.00. The van der Waals surface area contributed by atoms with Crippen LogP contribution >= 0.6 is 0 Å². The number of hydrogen-bond donors (Lipinski definition) is 1. The van der Waals surface area contributed by atoms with Crippen molar-refractivity contribution in [1.29, 1.82) is 0 Å². The van der Waals surface area contributed by atoms with Crippen LogP contribution in [0, 0.1) is 6.92 Å². The molecule has 1 aromatic carbocycles. The minimum Gasteiger partial charge on any atom is -0.371 e. The molecular weight excluding hydrogens is 390 g/mol. The third-order valence-electron chi connectivity index (χ3n) is 7.04. The quantitative estimate of drug-likeness (QED) is 0.802. The van der Waals surface area contributed by atoms with Gasteiger partial charge in [-0.3, -0.25) is 9.69 Å². The van der Waals surface area contributed by atoms with Crippen molar-refractivity contribution in [3.05, 3.63) is 23.8 Å². The number of rotatable bonds is 4. The van der Waals surface area contributed by atoms with E-state index in [1.54, 1.807) is 0 Å². The van der Waals surface area contributed by atoms with Gasteiger partial charge in [0.25, 0.3) is 0 Å². The van der Waals surface area contributed by atoms with Crippen molar-refractivity contribution in [1.82, 2.24) is 14.7 Å². The molecule has 0 aromatic heterocycles. The molecule has 0 bridgehead atoms. The molecule has 1 atom stereocenters.